The first kappa shape index (κ1) is 21.9. The topological polar surface area (TPSA) is 88.1 Å². The number of methoxy groups -OCH3 is 2. The molecule has 1 saturated heterocycles. The lowest BCUT2D eigenvalue weighted by molar-refractivity contribution is 0.0546. The van der Waals surface area contributed by atoms with Crippen LogP contribution in [-0.2, 0) is 0 Å². The van der Waals surface area contributed by atoms with E-state index >= 15 is 0 Å². The van der Waals surface area contributed by atoms with Gasteiger partial charge in [-0.3, -0.25) is 9.59 Å². The number of piperidine rings is 1. The number of nitrogens with zero attached hydrogens (tertiary/aromatic N) is 1. The summed E-state index contributed by atoms with van der Waals surface area (Å²) < 4.78 is 10.8. The molecule has 0 spiro atoms. The van der Waals surface area contributed by atoms with Crippen LogP contribution in [0.25, 0.3) is 0 Å². The van der Waals surface area contributed by atoms with Crippen LogP contribution in [0.1, 0.15) is 39.1 Å². The zero-order valence-electron chi connectivity index (χ0n) is 17.2. The number of ether oxygens (including phenoxy) is 2. The Morgan fingerprint density at radius 1 is 1.13 bits per heavy atom. The second-order valence-corrected chi connectivity index (χ2v) is 7.63. The van der Waals surface area contributed by atoms with Gasteiger partial charge in [0.2, 0.25) is 0 Å². The number of halogens is 1. The number of hydrogen-bond acceptors (Lipinski definition) is 5. The standard InChI is InChI=1S/C22H25ClN2O5/c1-13-4-5-17(23)16(10-13)21(27)24-18-11-14(12-19(29-2)20(18)30-3)22(28)25-8-6-15(26)7-9-25/h4-5,10-12,15,26H,6-9H2,1-3H3,(H,24,27). The number of benzene rings is 2. The Morgan fingerprint density at radius 2 is 1.83 bits per heavy atom. The van der Waals surface area contributed by atoms with Crippen molar-refractivity contribution < 1.29 is 24.2 Å². The Hall–Kier alpha value is -2.77. The van der Waals surface area contributed by atoms with E-state index in [1.54, 1.807) is 29.2 Å². The third-order valence-electron chi connectivity index (χ3n) is 5.09. The molecular formula is C22H25ClN2O5. The fourth-order valence-electron chi connectivity index (χ4n) is 3.44. The molecule has 0 aromatic heterocycles. The molecular weight excluding hydrogens is 408 g/mol. The van der Waals surface area contributed by atoms with Crippen LogP contribution in [0.3, 0.4) is 0 Å². The number of rotatable bonds is 5. The van der Waals surface area contributed by atoms with Crippen molar-refractivity contribution in [2.45, 2.75) is 25.9 Å². The highest BCUT2D eigenvalue weighted by Crippen LogP contribution is 2.37. The maximum absolute atomic E-state index is 13.0. The molecule has 2 aromatic carbocycles. The summed E-state index contributed by atoms with van der Waals surface area (Å²) in [5.41, 5.74) is 1.87. The highest BCUT2D eigenvalue weighted by molar-refractivity contribution is 6.34. The lowest BCUT2D eigenvalue weighted by Crippen LogP contribution is -2.40. The summed E-state index contributed by atoms with van der Waals surface area (Å²) in [5.74, 6) is 0.00737. The zero-order valence-corrected chi connectivity index (χ0v) is 18.0. The number of aryl methyl sites for hydroxylation is 1. The van der Waals surface area contributed by atoms with E-state index in [0.29, 0.717) is 59.3 Å². The molecule has 1 aliphatic rings. The fourth-order valence-corrected chi connectivity index (χ4v) is 3.64. The molecule has 0 aliphatic carbocycles. The van der Waals surface area contributed by atoms with Gasteiger partial charge in [-0.15, -0.1) is 0 Å². The van der Waals surface area contributed by atoms with Gasteiger partial charge in [0.1, 0.15) is 0 Å². The minimum absolute atomic E-state index is 0.202. The molecule has 0 atom stereocenters. The molecule has 7 nitrogen and oxygen atoms in total. The first-order valence-corrected chi connectivity index (χ1v) is 10.0. The summed E-state index contributed by atoms with van der Waals surface area (Å²) in [5, 5.41) is 12.8. The third-order valence-corrected chi connectivity index (χ3v) is 5.42. The number of amides is 2. The minimum atomic E-state index is -0.422. The molecule has 2 amide bonds. The summed E-state index contributed by atoms with van der Waals surface area (Å²) in [6, 6.07) is 8.32. The van der Waals surface area contributed by atoms with Crippen LogP contribution < -0.4 is 14.8 Å². The third kappa shape index (κ3) is 4.68. The Bertz CT molecular complexity index is 955. The largest absolute Gasteiger partial charge is 0.493 e. The highest BCUT2D eigenvalue weighted by atomic mass is 35.5. The molecule has 3 rings (SSSR count). The second kappa shape index (κ2) is 9.36. The van der Waals surface area contributed by atoms with Crippen LogP contribution in [0, 0.1) is 6.92 Å². The summed E-state index contributed by atoms with van der Waals surface area (Å²) in [7, 11) is 2.92. The summed E-state index contributed by atoms with van der Waals surface area (Å²) >= 11 is 6.19. The molecule has 8 heteroatoms. The van der Waals surface area contributed by atoms with Gasteiger partial charge >= 0.3 is 0 Å². The Labute approximate surface area is 180 Å². The highest BCUT2D eigenvalue weighted by Gasteiger charge is 2.25. The summed E-state index contributed by atoms with van der Waals surface area (Å²) in [6.45, 7) is 2.80. The Kier molecular flexibility index (Phi) is 6.84. The van der Waals surface area contributed by atoms with Gasteiger partial charge in [-0.1, -0.05) is 23.2 Å². The first-order valence-electron chi connectivity index (χ1n) is 9.65. The average molecular weight is 433 g/mol. The smallest absolute Gasteiger partial charge is 0.257 e. The summed E-state index contributed by atoms with van der Waals surface area (Å²) in [4.78, 5) is 27.5. The fraction of sp³-hybridized carbons (Fsp3) is 0.364. The van der Waals surface area contributed by atoms with Crippen molar-refractivity contribution in [3.05, 3.63) is 52.0 Å². The van der Waals surface area contributed by atoms with Crippen molar-refractivity contribution in [3.8, 4) is 11.5 Å². The van der Waals surface area contributed by atoms with Gasteiger partial charge in [0.25, 0.3) is 11.8 Å². The SMILES string of the molecule is COc1cc(C(=O)N2CCC(O)CC2)cc(NC(=O)c2cc(C)ccc2Cl)c1OC. The molecule has 0 bridgehead atoms. The van der Waals surface area contributed by atoms with Crippen LogP contribution in [0.4, 0.5) is 5.69 Å². The van der Waals surface area contributed by atoms with Crippen LogP contribution in [0.2, 0.25) is 5.02 Å². The zero-order chi connectivity index (χ0) is 21.8. The lowest BCUT2D eigenvalue weighted by Gasteiger charge is -2.30. The van der Waals surface area contributed by atoms with Gasteiger partial charge in [-0.05, 0) is 44.0 Å². The number of nitrogens with one attached hydrogen (secondary N) is 1. The Balaban J connectivity index is 1.94. The van der Waals surface area contributed by atoms with Crippen molar-refractivity contribution in [2.75, 3.05) is 32.6 Å². The monoisotopic (exact) mass is 432 g/mol. The predicted molar refractivity (Wildman–Crippen MR) is 115 cm³/mol. The quantitative estimate of drug-likeness (QED) is 0.754. The van der Waals surface area contributed by atoms with E-state index in [0.717, 1.165) is 5.56 Å². The molecule has 160 valence electrons. The van der Waals surface area contributed by atoms with E-state index in [4.69, 9.17) is 21.1 Å². The molecule has 1 aliphatic heterocycles. The van der Waals surface area contributed by atoms with Gasteiger partial charge in [0.05, 0.1) is 36.6 Å². The molecule has 30 heavy (non-hydrogen) atoms. The van der Waals surface area contributed by atoms with E-state index in [-0.39, 0.29) is 12.0 Å². The normalized spacial score (nSPS) is 14.4. The number of aliphatic hydroxyl groups excluding tert-OH is 1. The molecule has 1 fully saturated rings. The van der Waals surface area contributed by atoms with E-state index < -0.39 is 5.91 Å². The van der Waals surface area contributed by atoms with Crippen LogP contribution >= 0.6 is 11.6 Å². The van der Waals surface area contributed by atoms with E-state index in [1.807, 2.05) is 13.0 Å². The molecule has 1 heterocycles. The van der Waals surface area contributed by atoms with Crippen molar-refractivity contribution >= 4 is 29.1 Å². The van der Waals surface area contributed by atoms with Crippen molar-refractivity contribution in [1.29, 1.82) is 0 Å². The Morgan fingerprint density at radius 3 is 2.47 bits per heavy atom. The molecule has 2 aromatic rings. The number of aliphatic hydroxyl groups is 1. The van der Waals surface area contributed by atoms with E-state index in [9.17, 15) is 14.7 Å². The van der Waals surface area contributed by atoms with Gasteiger partial charge < -0.3 is 24.8 Å². The van der Waals surface area contributed by atoms with E-state index in [2.05, 4.69) is 5.32 Å². The number of anilines is 1. The number of carbonyl (C=O) groups excluding carboxylic acids is 2. The number of likely N-dealkylation sites (tertiary alicyclic amines) is 1. The lowest BCUT2D eigenvalue weighted by atomic mass is 10.1. The van der Waals surface area contributed by atoms with Crippen molar-refractivity contribution in [2.24, 2.45) is 0 Å². The van der Waals surface area contributed by atoms with Crippen LogP contribution in [0.15, 0.2) is 30.3 Å². The van der Waals surface area contributed by atoms with Gasteiger partial charge in [0.15, 0.2) is 11.5 Å². The second-order valence-electron chi connectivity index (χ2n) is 7.22. The molecule has 0 saturated carbocycles. The summed E-state index contributed by atoms with van der Waals surface area (Å²) in [6.07, 6.45) is 0.691. The maximum atomic E-state index is 13.0. The van der Waals surface area contributed by atoms with Crippen molar-refractivity contribution in [1.82, 2.24) is 4.90 Å². The average Bonchev–Trinajstić information content (AvgIpc) is 2.74. The first-order chi connectivity index (χ1) is 14.3. The van der Waals surface area contributed by atoms with Gasteiger partial charge in [-0.2, -0.15) is 0 Å². The maximum Gasteiger partial charge on any atom is 0.257 e. The molecule has 0 unspecified atom stereocenters. The van der Waals surface area contributed by atoms with E-state index in [1.165, 1.54) is 14.2 Å². The predicted octanol–water partition coefficient (Wildman–Crippen LogP) is 3.51. The molecule has 0 radical (unpaired) electrons. The van der Waals surface area contributed by atoms with Crippen molar-refractivity contribution in [3.63, 3.8) is 0 Å². The van der Waals surface area contributed by atoms with Crippen LogP contribution in [-0.4, -0.2) is 55.2 Å². The molecule has 2 N–H and O–H groups in total. The van der Waals surface area contributed by atoms with Gasteiger partial charge in [0, 0.05) is 18.7 Å². The number of carbonyl (C=O) groups is 2. The van der Waals surface area contributed by atoms with Crippen LogP contribution in [0.5, 0.6) is 11.5 Å². The minimum Gasteiger partial charge on any atom is -0.493 e. The van der Waals surface area contributed by atoms with Gasteiger partial charge in [-0.25, -0.2) is 0 Å². The number of hydrogen-bond donors (Lipinski definition) is 2.